The van der Waals surface area contributed by atoms with Crippen molar-refractivity contribution >= 4 is 17.8 Å². The highest BCUT2D eigenvalue weighted by molar-refractivity contribution is 5.85. The lowest BCUT2D eigenvalue weighted by Crippen LogP contribution is -2.56. The van der Waals surface area contributed by atoms with E-state index in [4.69, 9.17) is 25.2 Å². The van der Waals surface area contributed by atoms with Crippen LogP contribution < -0.4 is 11.1 Å². The van der Waals surface area contributed by atoms with Crippen molar-refractivity contribution in [3.8, 4) is 28.7 Å². The first-order valence-electron chi connectivity index (χ1n) is 12.9. The van der Waals surface area contributed by atoms with E-state index in [2.05, 4.69) is 25.3 Å². The molecule has 2 aromatic carbocycles. The van der Waals surface area contributed by atoms with Gasteiger partial charge in [-0.3, -0.25) is 9.59 Å². The number of benzene rings is 2. The Balaban J connectivity index is 1.50. The van der Waals surface area contributed by atoms with Gasteiger partial charge in [-0.2, -0.15) is 5.26 Å². The topological polar surface area (TPSA) is 178 Å². The molecule has 3 heterocycles. The van der Waals surface area contributed by atoms with Crippen molar-refractivity contribution in [3.05, 3.63) is 83.8 Å². The molecule has 14 heteroatoms. The Morgan fingerprint density at radius 1 is 1.07 bits per heavy atom. The first kappa shape index (κ1) is 29.2. The number of esters is 1. The fraction of sp³-hybridized carbons (Fsp3) is 0.241. The van der Waals surface area contributed by atoms with Crippen molar-refractivity contribution in [3.63, 3.8) is 0 Å². The molecule has 0 aliphatic carbocycles. The molecule has 220 valence electrons. The summed E-state index contributed by atoms with van der Waals surface area (Å²) in [6, 6.07) is 14.7. The zero-order valence-corrected chi connectivity index (χ0v) is 22.8. The summed E-state index contributed by atoms with van der Waals surface area (Å²) in [5.74, 6) is -4.74. The second kappa shape index (κ2) is 11.9. The molecule has 0 radical (unpaired) electrons. The summed E-state index contributed by atoms with van der Waals surface area (Å²) in [6.07, 6.45) is 1.50. The van der Waals surface area contributed by atoms with E-state index in [1.54, 1.807) is 24.3 Å². The van der Waals surface area contributed by atoms with Crippen LogP contribution >= 0.6 is 0 Å². The van der Waals surface area contributed by atoms with E-state index in [1.165, 1.54) is 49.5 Å². The van der Waals surface area contributed by atoms with Crippen LogP contribution in [0.4, 0.5) is 14.7 Å². The number of nitrogens with two attached hydrogens (primary N) is 1. The maximum Gasteiger partial charge on any atom is 0.317 e. The lowest BCUT2D eigenvalue weighted by atomic mass is 9.91. The van der Waals surface area contributed by atoms with Crippen molar-refractivity contribution < 1.29 is 32.6 Å². The first-order chi connectivity index (χ1) is 20.6. The summed E-state index contributed by atoms with van der Waals surface area (Å²) < 4.78 is 43.6. The number of aromatic amines is 1. The van der Waals surface area contributed by atoms with Gasteiger partial charge in [0.15, 0.2) is 12.4 Å². The number of carbonyl (C=O) groups excluding carboxylic acids is 2. The van der Waals surface area contributed by atoms with Gasteiger partial charge in [0.2, 0.25) is 5.95 Å². The van der Waals surface area contributed by atoms with Gasteiger partial charge in [-0.25, -0.2) is 23.7 Å². The summed E-state index contributed by atoms with van der Waals surface area (Å²) in [6.45, 7) is 0.666. The minimum atomic E-state index is -2.22. The standard InChI is InChI=1S/C29H25F2N7O5/c1-28(26(40)41-13-11-32)15-42-29(24(33)39,43-16-28)25-37-22(18-4-8-20(31)9-5-18)23(38-25)21-10-12-34-27(36-21)35-14-17-2-6-19(30)7-3-17/h2-10,12H,13-16H2,1H3,(H2,33,39)(H,37,38)(H,34,35,36). The van der Waals surface area contributed by atoms with E-state index in [0.717, 1.165) is 5.56 Å². The average molecular weight is 590 g/mol. The van der Waals surface area contributed by atoms with Crippen molar-refractivity contribution in [2.45, 2.75) is 19.3 Å². The molecule has 0 saturated carbocycles. The number of H-pyrrole nitrogens is 1. The summed E-state index contributed by atoms with van der Waals surface area (Å²) in [4.78, 5) is 41.7. The van der Waals surface area contributed by atoms with Gasteiger partial charge in [0.05, 0.1) is 30.3 Å². The highest BCUT2D eigenvalue weighted by atomic mass is 19.1. The predicted octanol–water partition coefficient (Wildman–Crippen LogP) is 3.18. The van der Waals surface area contributed by atoms with Crippen molar-refractivity contribution in [1.82, 2.24) is 19.9 Å². The number of amides is 1. The van der Waals surface area contributed by atoms with Gasteiger partial charge < -0.3 is 30.2 Å². The van der Waals surface area contributed by atoms with Gasteiger partial charge >= 0.3 is 11.8 Å². The number of rotatable bonds is 9. The number of anilines is 1. The molecule has 12 nitrogen and oxygen atoms in total. The van der Waals surface area contributed by atoms with Gasteiger partial charge in [-0.1, -0.05) is 12.1 Å². The SMILES string of the molecule is CC1(C(=O)OCC#N)COC(C(N)=O)(c2nc(-c3ccc(F)cc3)c(-c3ccnc(NCc4ccc(F)cc4)n3)[nH]2)OC1. The number of hydrogen-bond donors (Lipinski definition) is 3. The third-order valence-corrected chi connectivity index (χ3v) is 6.68. The van der Waals surface area contributed by atoms with Crippen LogP contribution in [0.3, 0.4) is 0 Å². The second-order valence-corrected chi connectivity index (χ2v) is 9.91. The maximum atomic E-state index is 13.8. The van der Waals surface area contributed by atoms with Crippen LogP contribution in [0.1, 0.15) is 18.3 Å². The average Bonchev–Trinajstić information content (AvgIpc) is 3.46. The Labute approximate surface area is 243 Å². The zero-order chi connectivity index (χ0) is 30.6. The predicted molar refractivity (Wildman–Crippen MR) is 146 cm³/mol. The summed E-state index contributed by atoms with van der Waals surface area (Å²) in [5.41, 5.74) is 6.61. The molecule has 0 unspecified atom stereocenters. The molecule has 1 saturated heterocycles. The molecule has 2 aromatic heterocycles. The van der Waals surface area contributed by atoms with Crippen LogP contribution in [0.15, 0.2) is 60.8 Å². The number of aromatic nitrogens is 4. The van der Waals surface area contributed by atoms with E-state index in [0.29, 0.717) is 23.5 Å². The molecule has 43 heavy (non-hydrogen) atoms. The number of primary amides is 1. The smallest absolute Gasteiger partial charge is 0.317 e. The molecule has 1 aliphatic heterocycles. The van der Waals surface area contributed by atoms with E-state index < -0.39 is 35.5 Å². The van der Waals surface area contributed by atoms with Gasteiger partial charge in [-0.05, 0) is 55.0 Å². The van der Waals surface area contributed by atoms with Crippen LogP contribution in [0, 0.1) is 28.4 Å². The number of ether oxygens (including phenoxy) is 3. The Kier molecular flexibility index (Phi) is 8.11. The number of hydrogen-bond acceptors (Lipinski definition) is 10. The van der Waals surface area contributed by atoms with Gasteiger partial charge in [-0.15, -0.1) is 0 Å². The maximum absolute atomic E-state index is 13.8. The van der Waals surface area contributed by atoms with Crippen LogP contribution in [-0.4, -0.2) is 51.6 Å². The number of nitrogens with zero attached hydrogens (tertiary/aromatic N) is 4. The van der Waals surface area contributed by atoms with E-state index in [9.17, 15) is 18.4 Å². The monoisotopic (exact) mass is 589 g/mol. The molecule has 1 fully saturated rings. The Morgan fingerprint density at radius 3 is 2.35 bits per heavy atom. The largest absolute Gasteiger partial charge is 0.450 e. The van der Waals surface area contributed by atoms with Crippen LogP contribution in [0.5, 0.6) is 0 Å². The number of nitriles is 1. The second-order valence-electron chi connectivity index (χ2n) is 9.91. The first-order valence-corrected chi connectivity index (χ1v) is 12.9. The van der Waals surface area contributed by atoms with Crippen LogP contribution in [-0.2, 0) is 36.1 Å². The van der Waals surface area contributed by atoms with Gasteiger partial charge in [0.25, 0.3) is 5.91 Å². The fourth-order valence-electron chi connectivity index (χ4n) is 4.29. The molecule has 0 bridgehead atoms. The van der Waals surface area contributed by atoms with Gasteiger partial charge in [0.1, 0.15) is 23.1 Å². The molecule has 0 atom stereocenters. The molecule has 5 rings (SSSR count). The molecule has 1 amide bonds. The number of halogens is 2. The molecular weight excluding hydrogens is 564 g/mol. The van der Waals surface area contributed by atoms with Crippen LogP contribution in [0.25, 0.3) is 22.6 Å². The third-order valence-electron chi connectivity index (χ3n) is 6.68. The van der Waals surface area contributed by atoms with Crippen molar-refractivity contribution in [2.24, 2.45) is 11.1 Å². The number of carbonyl (C=O) groups is 2. The van der Waals surface area contributed by atoms with Gasteiger partial charge in [0, 0.05) is 18.3 Å². The Morgan fingerprint density at radius 2 is 1.72 bits per heavy atom. The minimum Gasteiger partial charge on any atom is -0.450 e. The van der Waals surface area contributed by atoms with Crippen molar-refractivity contribution in [1.29, 1.82) is 5.26 Å². The van der Waals surface area contributed by atoms with E-state index in [1.807, 2.05) is 0 Å². The Bertz CT molecular complexity index is 1680. The third kappa shape index (κ3) is 6.03. The summed E-state index contributed by atoms with van der Waals surface area (Å²) >= 11 is 0. The lowest BCUT2D eigenvalue weighted by Gasteiger charge is -2.40. The minimum absolute atomic E-state index is 0.138. The Hall–Kier alpha value is -5.26. The summed E-state index contributed by atoms with van der Waals surface area (Å²) in [5, 5.41) is 11.8. The molecule has 4 N–H and O–H groups in total. The summed E-state index contributed by atoms with van der Waals surface area (Å²) in [7, 11) is 0. The molecule has 1 aliphatic rings. The normalized spacial score (nSPS) is 19.8. The van der Waals surface area contributed by atoms with E-state index in [-0.39, 0.29) is 36.5 Å². The lowest BCUT2D eigenvalue weighted by molar-refractivity contribution is -0.293. The van der Waals surface area contributed by atoms with Crippen molar-refractivity contribution in [2.75, 3.05) is 25.1 Å². The number of imidazole rings is 1. The quantitative estimate of drug-likeness (QED) is 0.246. The molecule has 0 spiro atoms. The highest BCUT2D eigenvalue weighted by Crippen LogP contribution is 2.39. The molecular formula is C29H25F2N7O5. The van der Waals surface area contributed by atoms with E-state index >= 15 is 0 Å². The fourth-order valence-corrected chi connectivity index (χ4v) is 4.29. The zero-order valence-electron chi connectivity index (χ0n) is 22.8. The number of nitrogens with one attached hydrogen (secondary N) is 2. The highest BCUT2D eigenvalue weighted by Gasteiger charge is 2.54. The van der Waals surface area contributed by atoms with Crippen LogP contribution in [0.2, 0.25) is 0 Å². The molecule has 4 aromatic rings.